The van der Waals surface area contributed by atoms with Gasteiger partial charge in [-0.1, -0.05) is 32.0 Å². The molecule has 0 saturated carbocycles. The number of carbonyl (C=O) groups excluding carboxylic acids is 4. The fraction of sp³-hybridized carbons (Fsp3) is 0.500. The van der Waals surface area contributed by atoms with Crippen LogP contribution in [0.15, 0.2) is 48.7 Å². The van der Waals surface area contributed by atoms with Crippen molar-refractivity contribution in [2.75, 3.05) is 14.2 Å². The van der Waals surface area contributed by atoms with Crippen molar-refractivity contribution in [3.63, 3.8) is 0 Å². The third kappa shape index (κ3) is 8.47. The zero-order valence-electron chi connectivity index (χ0n) is 38.3. The van der Waals surface area contributed by atoms with Gasteiger partial charge in [0.25, 0.3) is 0 Å². The molecule has 3 aliphatic rings. The van der Waals surface area contributed by atoms with Crippen molar-refractivity contribution in [3.8, 4) is 28.1 Å². The van der Waals surface area contributed by atoms with Crippen LogP contribution < -0.4 is 15.4 Å². The van der Waals surface area contributed by atoms with Crippen LogP contribution in [0.3, 0.4) is 0 Å². The normalized spacial score (nSPS) is 21.0. The Hall–Kier alpha value is -6.16. The van der Waals surface area contributed by atoms with Crippen LogP contribution >= 0.6 is 0 Å². The van der Waals surface area contributed by atoms with E-state index < -0.39 is 36.0 Å². The van der Waals surface area contributed by atoms with Crippen LogP contribution in [-0.4, -0.2) is 104 Å². The Morgan fingerprint density at radius 3 is 2.08 bits per heavy atom. The monoisotopic (exact) mass is 876 g/mol. The second kappa shape index (κ2) is 17.4. The SMILES string of the molecule is COC(=O)N[C@H](C(=O)N1C(c2ncc(-c3ccc4c(c3)COc3cc5c(ccc6[nH]c(C7CC[C@H](C)N7C(=O)[C@@H](NC(=O)OC)[C@@H](C)OC(C)(C)C)nc65)cc3-4)[nH]2)CC[C@@H]1C)C(C)C. The van der Waals surface area contributed by atoms with Crippen LogP contribution in [-0.2, 0) is 30.4 Å². The standard InChI is InChI=1S/C48H60N8O8/c1-24(2)39(53-46(59)61-9)44(57)55-25(3)11-17-36(55)42-49-22-35(51-42)29-13-15-31-30(19-29)23-63-38-21-32-28(20-33(31)38)14-16-34-41(32)52-43(50-34)37-18-12-26(4)56(37)45(58)40(54-47(60)62-10)27(5)64-48(6,7)8/h13-16,19-22,24-27,36-37,39-40H,11-12,17-18,23H2,1-10H3,(H,49,51)(H,50,52)(H,53,59)(H,54,60)/t25-,26-,27+,36?,37?,39-,40-/m0/s1. The van der Waals surface area contributed by atoms with Crippen molar-refractivity contribution < 1.29 is 38.1 Å². The second-order valence-electron chi connectivity index (χ2n) is 18.8. The number of alkyl carbamates (subject to hydrolysis) is 2. The molecule has 16 heteroatoms. The number of hydrogen-bond acceptors (Lipinski definition) is 10. The van der Waals surface area contributed by atoms with Gasteiger partial charge in [-0.05, 0) is 119 Å². The van der Waals surface area contributed by atoms with Gasteiger partial charge in [-0.3, -0.25) is 9.59 Å². The molecular weight excluding hydrogens is 817 g/mol. The number of nitrogens with one attached hydrogen (secondary N) is 4. The highest BCUT2D eigenvalue weighted by Crippen LogP contribution is 2.44. The summed E-state index contributed by atoms with van der Waals surface area (Å²) in [6.07, 6.45) is 2.89. The number of methoxy groups -OCH3 is 2. The van der Waals surface area contributed by atoms with Gasteiger partial charge in [0.2, 0.25) is 11.8 Å². The van der Waals surface area contributed by atoms with Crippen LogP contribution in [0.2, 0.25) is 0 Å². The molecule has 2 aromatic heterocycles. The Morgan fingerprint density at radius 1 is 0.797 bits per heavy atom. The first-order valence-electron chi connectivity index (χ1n) is 22.2. The van der Waals surface area contributed by atoms with Gasteiger partial charge in [-0.15, -0.1) is 0 Å². The van der Waals surface area contributed by atoms with Gasteiger partial charge in [0.05, 0.1) is 60.9 Å². The average molecular weight is 877 g/mol. The van der Waals surface area contributed by atoms with Crippen molar-refractivity contribution in [3.05, 3.63) is 65.9 Å². The first-order chi connectivity index (χ1) is 30.5. The van der Waals surface area contributed by atoms with Gasteiger partial charge < -0.3 is 49.3 Å². The Kier molecular flexibility index (Phi) is 12.1. The quantitative estimate of drug-likeness (QED) is 0.107. The summed E-state index contributed by atoms with van der Waals surface area (Å²) in [7, 11) is 2.57. The number of amides is 4. The van der Waals surface area contributed by atoms with E-state index in [2.05, 4.69) is 57.0 Å². The highest BCUT2D eigenvalue weighted by atomic mass is 16.5. The van der Waals surface area contributed by atoms with Crippen molar-refractivity contribution in [2.24, 2.45) is 5.92 Å². The number of fused-ring (bicyclic) bond motifs is 6. The number of nitrogens with zero attached hydrogens (tertiary/aromatic N) is 4. The van der Waals surface area contributed by atoms with E-state index in [9.17, 15) is 19.2 Å². The van der Waals surface area contributed by atoms with Gasteiger partial charge in [0, 0.05) is 23.0 Å². The van der Waals surface area contributed by atoms with Gasteiger partial charge in [0.1, 0.15) is 36.1 Å². The zero-order chi connectivity index (χ0) is 45.8. The Bertz CT molecular complexity index is 2600. The Morgan fingerprint density at radius 2 is 1.44 bits per heavy atom. The van der Waals surface area contributed by atoms with Crippen LogP contribution in [0.5, 0.6) is 5.75 Å². The molecule has 5 heterocycles. The van der Waals surface area contributed by atoms with Crippen molar-refractivity contribution in [2.45, 2.75) is 136 Å². The maximum absolute atomic E-state index is 14.4. The maximum atomic E-state index is 14.4. The lowest BCUT2D eigenvalue weighted by Gasteiger charge is -2.35. The van der Waals surface area contributed by atoms with Crippen LogP contribution in [0.1, 0.15) is 110 Å². The number of likely N-dealkylation sites (tertiary alicyclic amines) is 2. The highest BCUT2D eigenvalue weighted by molar-refractivity contribution is 6.07. The number of hydrogen-bond donors (Lipinski definition) is 4. The number of carbonyl (C=O) groups is 4. The summed E-state index contributed by atoms with van der Waals surface area (Å²) in [5.41, 5.74) is 5.95. The molecule has 0 aliphatic carbocycles. The minimum Gasteiger partial charge on any atom is -0.488 e. The van der Waals surface area contributed by atoms with Gasteiger partial charge in [-0.25, -0.2) is 19.6 Å². The van der Waals surface area contributed by atoms with E-state index in [1.807, 2.05) is 70.5 Å². The summed E-state index contributed by atoms with van der Waals surface area (Å²) in [5.74, 6) is 1.59. The van der Waals surface area contributed by atoms with E-state index in [4.69, 9.17) is 28.9 Å². The van der Waals surface area contributed by atoms with Gasteiger partial charge in [0.15, 0.2) is 0 Å². The molecule has 0 radical (unpaired) electrons. The van der Waals surface area contributed by atoms with E-state index in [-0.39, 0.29) is 41.9 Å². The van der Waals surface area contributed by atoms with Crippen molar-refractivity contribution in [1.82, 2.24) is 40.4 Å². The number of aromatic amines is 2. The van der Waals surface area contributed by atoms with Crippen molar-refractivity contribution in [1.29, 1.82) is 0 Å². The largest absolute Gasteiger partial charge is 0.488 e. The van der Waals surface area contributed by atoms with E-state index in [1.54, 1.807) is 6.92 Å². The lowest BCUT2D eigenvalue weighted by atomic mass is 9.92. The molecule has 3 aliphatic heterocycles. The molecule has 5 aromatic rings. The Labute approximate surface area is 373 Å². The molecular formula is C48H60N8O8. The van der Waals surface area contributed by atoms with E-state index in [1.165, 1.54) is 14.2 Å². The zero-order valence-corrected chi connectivity index (χ0v) is 38.3. The summed E-state index contributed by atoms with van der Waals surface area (Å²) in [6.45, 7) is 15.7. The van der Waals surface area contributed by atoms with E-state index in [0.29, 0.717) is 24.7 Å². The summed E-state index contributed by atoms with van der Waals surface area (Å²) in [4.78, 5) is 73.4. The smallest absolute Gasteiger partial charge is 0.407 e. The number of ether oxygens (including phenoxy) is 4. The molecule has 64 heavy (non-hydrogen) atoms. The van der Waals surface area contributed by atoms with Crippen LogP contribution in [0, 0.1) is 5.92 Å². The molecule has 7 atom stereocenters. The van der Waals surface area contributed by atoms with Crippen LogP contribution in [0.25, 0.3) is 44.2 Å². The summed E-state index contributed by atoms with van der Waals surface area (Å²) < 4.78 is 22.3. The third-order valence-corrected chi connectivity index (χ3v) is 12.9. The van der Waals surface area contributed by atoms with Crippen molar-refractivity contribution >= 4 is 45.8 Å². The van der Waals surface area contributed by atoms with E-state index in [0.717, 1.165) is 74.8 Å². The molecule has 0 bridgehead atoms. The number of rotatable bonds is 10. The summed E-state index contributed by atoms with van der Waals surface area (Å²) >= 11 is 0. The van der Waals surface area contributed by atoms with E-state index >= 15 is 0 Å². The molecule has 4 amide bonds. The average Bonchev–Trinajstić information content (AvgIpc) is 4.08. The third-order valence-electron chi connectivity index (χ3n) is 12.9. The summed E-state index contributed by atoms with van der Waals surface area (Å²) in [6, 6.07) is 12.2. The number of imidazole rings is 2. The van der Waals surface area contributed by atoms with Gasteiger partial charge >= 0.3 is 12.2 Å². The molecule has 16 nitrogen and oxygen atoms in total. The lowest BCUT2D eigenvalue weighted by Crippen LogP contribution is -2.56. The fourth-order valence-corrected chi connectivity index (χ4v) is 9.74. The lowest BCUT2D eigenvalue weighted by molar-refractivity contribution is -0.144. The molecule has 4 N–H and O–H groups in total. The molecule has 2 saturated heterocycles. The minimum atomic E-state index is -0.967. The predicted molar refractivity (Wildman–Crippen MR) is 241 cm³/mol. The fourth-order valence-electron chi connectivity index (χ4n) is 9.74. The first kappa shape index (κ1) is 44.4. The minimum absolute atomic E-state index is 0.0217. The molecule has 3 aromatic carbocycles. The molecule has 340 valence electrons. The molecule has 8 rings (SSSR count). The second-order valence-corrected chi connectivity index (χ2v) is 18.8. The number of aromatic nitrogens is 4. The topological polar surface area (TPSA) is 193 Å². The number of benzene rings is 3. The highest BCUT2D eigenvalue weighted by Gasteiger charge is 2.44. The van der Waals surface area contributed by atoms with Crippen LogP contribution in [0.4, 0.5) is 9.59 Å². The first-order valence-corrected chi connectivity index (χ1v) is 22.2. The predicted octanol–water partition coefficient (Wildman–Crippen LogP) is 8.08. The molecule has 0 spiro atoms. The maximum Gasteiger partial charge on any atom is 0.407 e. The molecule has 2 unspecified atom stereocenters. The Balaban J connectivity index is 1.04. The molecule has 2 fully saturated rings. The summed E-state index contributed by atoms with van der Waals surface area (Å²) in [5, 5.41) is 7.39. The number of H-pyrrole nitrogens is 2. The van der Waals surface area contributed by atoms with Gasteiger partial charge in [-0.2, -0.15) is 0 Å².